The lowest BCUT2D eigenvalue weighted by Gasteiger charge is -2.35. The van der Waals surface area contributed by atoms with Crippen LogP contribution in [0.2, 0.25) is 0 Å². The molecule has 3 heterocycles. The van der Waals surface area contributed by atoms with Gasteiger partial charge in [-0.1, -0.05) is 10.3 Å². The number of nitrogen functional groups attached to an aromatic ring is 1. The van der Waals surface area contributed by atoms with Gasteiger partial charge in [-0.2, -0.15) is 0 Å². The van der Waals surface area contributed by atoms with Crippen LogP contribution in [0.15, 0.2) is 10.5 Å². The number of aromatic amines is 1. The van der Waals surface area contributed by atoms with Crippen LogP contribution in [-0.2, 0) is 14.4 Å². The molecule has 0 radical (unpaired) electrons. The first-order chi connectivity index (χ1) is 11.1. The zero-order chi connectivity index (χ0) is 16.4. The molecule has 0 spiro atoms. The van der Waals surface area contributed by atoms with E-state index >= 15 is 0 Å². The van der Waals surface area contributed by atoms with Crippen LogP contribution >= 0.6 is 11.3 Å². The smallest absolute Gasteiger partial charge is 0.276 e. The minimum atomic E-state index is -0.703. The highest BCUT2D eigenvalue weighted by Gasteiger charge is 2.41. The van der Waals surface area contributed by atoms with Crippen molar-refractivity contribution in [3.05, 3.63) is 11.1 Å². The first-order valence-corrected chi connectivity index (χ1v) is 7.16. The number of carbonyl (C=O) groups excluding carboxylic acids is 2. The van der Waals surface area contributed by atoms with E-state index in [2.05, 4.69) is 40.9 Å². The van der Waals surface area contributed by atoms with Gasteiger partial charge < -0.3 is 15.9 Å². The number of carbonyl (C=O) groups is 2. The van der Waals surface area contributed by atoms with Gasteiger partial charge in [-0.25, -0.2) is 10.1 Å². The number of anilines is 2. The Morgan fingerprint density at radius 1 is 1.65 bits per heavy atom. The van der Waals surface area contributed by atoms with E-state index < -0.39 is 11.9 Å². The van der Waals surface area contributed by atoms with E-state index in [-0.39, 0.29) is 29.8 Å². The van der Waals surface area contributed by atoms with Gasteiger partial charge in [0.2, 0.25) is 5.95 Å². The molecule has 1 fully saturated rings. The van der Waals surface area contributed by atoms with Crippen LogP contribution in [0, 0.1) is 0 Å². The highest BCUT2D eigenvalue weighted by Crippen LogP contribution is 2.17. The van der Waals surface area contributed by atoms with Crippen LogP contribution in [0.4, 0.5) is 11.1 Å². The number of β-lactam (4-membered cyclic amide) rings is 1. The van der Waals surface area contributed by atoms with E-state index in [0.717, 1.165) is 11.3 Å². The molecule has 3 rings (SSSR count). The first-order valence-electron chi connectivity index (χ1n) is 6.28. The van der Waals surface area contributed by atoms with Gasteiger partial charge in [0, 0.05) is 5.38 Å². The lowest BCUT2D eigenvalue weighted by atomic mass is 10.1. The maximum atomic E-state index is 12.3. The fourth-order valence-corrected chi connectivity index (χ4v) is 2.46. The highest BCUT2D eigenvalue weighted by atomic mass is 32.1. The van der Waals surface area contributed by atoms with Crippen LogP contribution in [0.5, 0.6) is 0 Å². The summed E-state index contributed by atoms with van der Waals surface area (Å²) in [5.74, 6) is -0.712. The molecular weight excluding hydrogens is 326 g/mol. The van der Waals surface area contributed by atoms with Crippen molar-refractivity contribution in [2.45, 2.75) is 6.04 Å². The molecule has 13 heteroatoms. The molecule has 2 aromatic heterocycles. The topological polar surface area (TPSA) is 164 Å². The Morgan fingerprint density at radius 2 is 2.48 bits per heavy atom. The summed E-state index contributed by atoms with van der Waals surface area (Å²) >= 11 is 1.16. The van der Waals surface area contributed by atoms with Crippen molar-refractivity contribution in [1.29, 1.82) is 0 Å². The third kappa shape index (κ3) is 2.80. The molecular formula is C10H11N9O3S. The van der Waals surface area contributed by atoms with Crippen molar-refractivity contribution in [2.24, 2.45) is 5.16 Å². The monoisotopic (exact) mass is 337 g/mol. The van der Waals surface area contributed by atoms with Gasteiger partial charge >= 0.3 is 0 Å². The molecule has 1 atom stereocenters. The molecule has 23 heavy (non-hydrogen) atoms. The fraction of sp³-hybridized carbons (Fsp3) is 0.300. The second kappa shape index (κ2) is 5.96. The zero-order valence-corrected chi connectivity index (χ0v) is 12.6. The predicted octanol–water partition coefficient (Wildman–Crippen LogP) is -1.88. The average Bonchev–Trinajstić information content (AvgIpc) is 3.19. The summed E-state index contributed by atoms with van der Waals surface area (Å²) in [6, 6.07) is -0.703. The number of thiazole rings is 1. The normalized spacial score (nSPS) is 17.8. The largest absolute Gasteiger partial charge is 0.398 e. The molecule has 2 aromatic rings. The van der Waals surface area contributed by atoms with Crippen molar-refractivity contribution in [3.63, 3.8) is 0 Å². The number of hydrogen-bond donors (Lipinski definition) is 3. The second-order valence-corrected chi connectivity index (χ2v) is 5.28. The summed E-state index contributed by atoms with van der Waals surface area (Å²) in [6.45, 7) is 0.237. The number of amides is 2. The minimum Gasteiger partial charge on any atom is -0.398 e. The minimum absolute atomic E-state index is 0.0620. The summed E-state index contributed by atoms with van der Waals surface area (Å²) < 4.78 is 0. The van der Waals surface area contributed by atoms with E-state index in [1.54, 1.807) is 5.38 Å². The van der Waals surface area contributed by atoms with Crippen molar-refractivity contribution >= 4 is 39.9 Å². The molecule has 12 nitrogen and oxygen atoms in total. The van der Waals surface area contributed by atoms with E-state index in [0.29, 0.717) is 5.13 Å². The third-order valence-corrected chi connectivity index (χ3v) is 3.66. The van der Waals surface area contributed by atoms with Gasteiger partial charge in [0.05, 0.1) is 6.54 Å². The summed E-state index contributed by atoms with van der Waals surface area (Å²) in [6.07, 6.45) is 0. The van der Waals surface area contributed by atoms with E-state index in [1.165, 1.54) is 12.0 Å². The van der Waals surface area contributed by atoms with Crippen LogP contribution < -0.4 is 16.0 Å². The Morgan fingerprint density at radius 3 is 3.04 bits per heavy atom. The summed E-state index contributed by atoms with van der Waals surface area (Å²) in [4.78, 5) is 34.2. The van der Waals surface area contributed by atoms with Crippen molar-refractivity contribution in [3.8, 4) is 0 Å². The van der Waals surface area contributed by atoms with E-state index in [9.17, 15) is 9.59 Å². The molecule has 0 aliphatic carbocycles. The summed E-state index contributed by atoms with van der Waals surface area (Å²) in [7, 11) is 1.30. The van der Waals surface area contributed by atoms with E-state index in [4.69, 9.17) is 5.73 Å². The number of H-pyrrole nitrogens is 1. The Labute approximate surface area is 132 Å². The Hall–Kier alpha value is -3.09. The van der Waals surface area contributed by atoms with Crippen molar-refractivity contribution in [2.75, 3.05) is 24.3 Å². The number of rotatable bonds is 5. The van der Waals surface area contributed by atoms with Gasteiger partial charge in [-0.3, -0.25) is 14.5 Å². The summed E-state index contributed by atoms with van der Waals surface area (Å²) in [5.41, 5.74) is 5.75. The lowest BCUT2D eigenvalue weighted by Crippen LogP contribution is -2.65. The molecule has 0 saturated carbocycles. The average molecular weight is 337 g/mol. The molecule has 2 amide bonds. The van der Waals surface area contributed by atoms with Crippen LogP contribution in [0.1, 0.15) is 5.69 Å². The SMILES string of the molecule is CON=C(C(=O)N[C@H]1CN(c2nnn[nH]2)C1=O)c1csc(N)n1. The second-order valence-electron chi connectivity index (χ2n) is 4.39. The predicted molar refractivity (Wildman–Crippen MR) is 78.5 cm³/mol. The lowest BCUT2D eigenvalue weighted by molar-refractivity contribution is -0.128. The highest BCUT2D eigenvalue weighted by molar-refractivity contribution is 7.13. The third-order valence-electron chi connectivity index (χ3n) is 2.99. The van der Waals surface area contributed by atoms with Gasteiger partial charge in [-0.15, -0.1) is 11.3 Å². The molecule has 0 aromatic carbocycles. The molecule has 0 unspecified atom stereocenters. The van der Waals surface area contributed by atoms with E-state index in [1.807, 2.05) is 0 Å². The molecule has 0 bridgehead atoms. The first kappa shape index (κ1) is 14.8. The maximum absolute atomic E-state index is 12.3. The maximum Gasteiger partial charge on any atom is 0.276 e. The quantitative estimate of drug-likeness (QED) is 0.324. The van der Waals surface area contributed by atoms with Gasteiger partial charge in [0.15, 0.2) is 10.8 Å². The number of aromatic nitrogens is 5. The Balaban J connectivity index is 1.67. The molecule has 120 valence electrons. The van der Waals surface area contributed by atoms with Gasteiger partial charge in [0.1, 0.15) is 18.8 Å². The molecule has 4 N–H and O–H groups in total. The Kier molecular flexibility index (Phi) is 3.84. The molecule has 1 aliphatic heterocycles. The Bertz CT molecular complexity index is 755. The zero-order valence-electron chi connectivity index (χ0n) is 11.8. The molecule has 1 aliphatic rings. The number of hydrogen-bond acceptors (Lipinski definition) is 10. The fourth-order valence-electron chi connectivity index (χ4n) is 1.91. The number of nitrogens with two attached hydrogens (primary N) is 1. The number of nitrogens with one attached hydrogen (secondary N) is 2. The standard InChI is InChI=1S/C10H11N9O3S/c1-22-16-6(5-3-23-9(11)13-5)7(20)12-4-2-19(8(4)21)10-14-17-18-15-10/h3-4H,2H2,1H3,(H2,11,13)(H,12,20)(H,14,15,17,18)/t4-/m0/s1. The van der Waals surface area contributed by atoms with Crippen LogP contribution in [0.25, 0.3) is 0 Å². The number of tetrazole rings is 1. The molecule has 1 saturated heterocycles. The van der Waals surface area contributed by atoms with Gasteiger partial charge in [-0.05, 0) is 10.4 Å². The van der Waals surface area contributed by atoms with Crippen LogP contribution in [0.3, 0.4) is 0 Å². The number of oxime groups is 1. The number of nitrogens with zero attached hydrogens (tertiary/aromatic N) is 6. The summed E-state index contributed by atoms with van der Waals surface area (Å²) in [5, 5.41) is 20.9. The van der Waals surface area contributed by atoms with Crippen molar-refractivity contribution in [1.82, 2.24) is 30.9 Å². The van der Waals surface area contributed by atoms with Crippen LogP contribution in [-0.4, -0.2) is 62.8 Å². The van der Waals surface area contributed by atoms with Crippen molar-refractivity contribution < 1.29 is 14.4 Å². The van der Waals surface area contributed by atoms with Gasteiger partial charge in [0.25, 0.3) is 11.8 Å².